The Morgan fingerprint density at radius 1 is 1.00 bits per heavy atom. The predicted octanol–water partition coefficient (Wildman–Crippen LogP) is 3.96. The number of nitrogens with two attached hydrogens (primary N) is 2. The van der Waals surface area contributed by atoms with Crippen molar-refractivity contribution >= 4 is 17.2 Å². The molecule has 132 valence electrons. The van der Waals surface area contributed by atoms with E-state index in [4.69, 9.17) is 27.1 Å². The summed E-state index contributed by atoms with van der Waals surface area (Å²) in [6.45, 7) is 0. The maximum Gasteiger partial charge on any atom is 0.192 e. The van der Waals surface area contributed by atoms with Crippen LogP contribution < -0.4 is 16.2 Å². The lowest BCUT2D eigenvalue weighted by Gasteiger charge is -2.11. The monoisotopic (exact) mass is 348 g/mol. The Labute approximate surface area is 151 Å². The number of hydrogen-bond acceptors (Lipinski definition) is 6. The molecule has 7 heteroatoms. The molecule has 6 N–H and O–H groups in total. The fraction of sp³-hybridized carbons (Fsp3) is 0.0526. The fourth-order valence-corrected chi connectivity index (χ4v) is 2.23. The molecule has 0 atom stereocenters. The van der Waals surface area contributed by atoms with Gasteiger partial charge in [0.1, 0.15) is 11.4 Å². The number of amidine groups is 1. The zero-order valence-corrected chi connectivity index (χ0v) is 14.3. The van der Waals surface area contributed by atoms with Crippen LogP contribution >= 0.6 is 0 Å². The maximum absolute atomic E-state index is 7.06. The molecule has 0 aliphatic rings. The first-order valence-corrected chi connectivity index (χ1v) is 7.72. The van der Waals surface area contributed by atoms with Gasteiger partial charge in [0, 0.05) is 34.8 Å². The number of ether oxygens (including phenoxy) is 1. The van der Waals surface area contributed by atoms with Gasteiger partial charge in [0.25, 0.3) is 0 Å². The highest BCUT2D eigenvalue weighted by Gasteiger charge is 2.08. The number of nitrogens with one attached hydrogen (secondary N) is 2. The summed E-state index contributed by atoms with van der Waals surface area (Å²) in [6, 6.07) is 18.4. The minimum atomic E-state index is -0.111. The van der Waals surface area contributed by atoms with Crippen LogP contribution in [-0.2, 0) is 0 Å². The molecule has 1 heterocycles. The second kappa shape index (κ2) is 8.93. The molecule has 26 heavy (non-hydrogen) atoms. The van der Waals surface area contributed by atoms with Crippen LogP contribution in [0.4, 0.5) is 11.4 Å². The minimum absolute atomic E-state index is 0.111. The molecule has 3 rings (SSSR count). The van der Waals surface area contributed by atoms with Crippen molar-refractivity contribution in [2.24, 2.45) is 5.11 Å². The van der Waals surface area contributed by atoms with Crippen molar-refractivity contribution in [1.29, 1.82) is 10.9 Å². The van der Waals surface area contributed by atoms with Crippen molar-refractivity contribution in [3.8, 4) is 16.9 Å². The lowest BCUT2D eigenvalue weighted by molar-refractivity contribution is 0.416. The zero-order valence-electron chi connectivity index (χ0n) is 14.3. The van der Waals surface area contributed by atoms with Crippen LogP contribution in [0, 0.1) is 10.9 Å². The third-order valence-corrected chi connectivity index (χ3v) is 3.50. The van der Waals surface area contributed by atoms with Gasteiger partial charge in [-0.3, -0.25) is 10.4 Å². The number of nitrogen functional groups attached to an aromatic ring is 2. The summed E-state index contributed by atoms with van der Waals surface area (Å²) in [4.78, 5) is 3.81. The van der Waals surface area contributed by atoms with Gasteiger partial charge in [0.2, 0.25) is 0 Å². The van der Waals surface area contributed by atoms with E-state index in [2.05, 4.69) is 10.1 Å². The van der Waals surface area contributed by atoms with Gasteiger partial charge in [-0.1, -0.05) is 24.3 Å². The highest BCUT2D eigenvalue weighted by molar-refractivity contribution is 5.94. The van der Waals surface area contributed by atoms with E-state index in [0.29, 0.717) is 11.4 Å². The van der Waals surface area contributed by atoms with E-state index in [9.17, 15) is 0 Å². The number of aromatic nitrogens is 1. The number of anilines is 2. The number of pyridine rings is 1. The van der Waals surface area contributed by atoms with E-state index >= 15 is 0 Å². The van der Waals surface area contributed by atoms with Gasteiger partial charge >= 0.3 is 0 Å². The molecule has 0 saturated carbocycles. The van der Waals surface area contributed by atoms with Crippen LogP contribution in [0.25, 0.3) is 11.1 Å². The molecule has 3 aromatic rings. The third-order valence-electron chi connectivity index (χ3n) is 3.50. The third kappa shape index (κ3) is 4.64. The summed E-state index contributed by atoms with van der Waals surface area (Å²) in [5.74, 6) is 0.624. The quantitative estimate of drug-likeness (QED) is 0.246. The maximum atomic E-state index is 7.06. The number of rotatable bonds is 3. The van der Waals surface area contributed by atoms with Crippen LogP contribution in [-0.4, -0.2) is 17.9 Å². The van der Waals surface area contributed by atoms with Crippen molar-refractivity contribution in [3.63, 3.8) is 0 Å². The van der Waals surface area contributed by atoms with Crippen LogP contribution in [0.5, 0.6) is 5.75 Å². The fourth-order valence-electron chi connectivity index (χ4n) is 2.23. The van der Waals surface area contributed by atoms with E-state index in [0.717, 1.165) is 22.6 Å². The van der Waals surface area contributed by atoms with Crippen molar-refractivity contribution in [1.82, 2.24) is 4.98 Å². The summed E-state index contributed by atoms with van der Waals surface area (Å²) in [6.07, 6.45) is 1.56. The normalized spacial score (nSPS) is 9.58. The Balaban J connectivity index is 0.000000209. The van der Waals surface area contributed by atoms with Crippen molar-refractivity contribution in [2.45, 2.75) is 0 Å². The standard InChI is InChI=1S/C13H14N2O.C6H6N4/c1-16-13-8-9(14)6-7-11(13)10-4-2-3-5-12(10)15;7-6(10-8)5-3-1-2-4-9-5/h2-8H,14-15H2,1H3;1-4,7-8H. The SMILES string of the molecule is COc1cc(N)ccc1-c1ccccc1N.N=NC(=N)c1ccccn1. The topological polar surface area (TPSA) is 134 Å². The molecule has 1 aromatic heterocycles. The molecule has 0 fully saturated rings. The predicted molar refractivity (Wildman–Crippen MR) is 103 cm³/mol. The molecule has 7 nitrogen and oxygen atoms in total. The molecular weight excluding hydrogens is 328 g/mol. The smallest absolute Gasteiger partial charge is 0.192 e. The summed E-state index contributed by atoms with van der Waals surface area (Å²) in [7, 11) is 1.62. The van der Waals surface area contributed by atoms with Gasteiger partial charge < -0.3 is 16.2 Å². The first-order chi connectivity index (χ1) is 12.6. The number of methoxy groups -OCH3 is 1. The molecule has 0 spiro atoms. The van der Waals surface area contributed by atoms with Crippen molar-refractivity contribution in [3.05, 3.63) is 72.6 Å². The second-order valence-corrected chi connectivity index (χ2v) is 5.22. The summed E-state index contributed by atoms with van der Waals surface area (Å²) in [5.41, 5.74) is 21.9. The van der Waals surface area contributed by atoms with E-state index in [1.54, 1.807) is 37.6 Å². The molecular formula is C19H20N6O. The van der Waals surface area contributed by atoms with Gasteiger partial charge in [-0.05, 0) is 30.3 Å². The van der Waals surface area contributed by atoms with Crippen LogP contribution in [0.3, 0.4) is 0 Å². The van der Waals surface area contributed by atoms with E-state index in [1.807, 2.05) is 36.4 Å². The average Bonchev–Trinajstić information content (AvgIpc) is 2.69. The number of para-hydroxylation sites is 1. The Morgan fingerprint density at radius 2 is 1.73 bits per heavy atom. The van der Waals surface area contributed by atoms with Gasteiger partial charge in [0.05, 0.1) is 7.11 Å². The minimum Gasteiger partial charge on any atom is -0.496 e. The number of benzene rings is 2. The first kappa shape index (κ1) is 18.6. The molecule has 0 bridgehead atoms. The Kier molecular flexibility index (Phi) is 6.39. The van der Waals surface area contributed by atoms with E-state index in [1.165, 1.54) is 0 Å². The van der Waals surface area contributed by atoms with Gasteiger partial charge in [-0.25, -0.2) is 5.53 Å². The zero-order chi connectivity index (χ0) is 18.9. The summed E-state index contributed by atoms with van der Waals surface area (Å²) < 4.78 is 5.30. The molecule has 0 unspecified atom stereocenters. The molecule has 0 aliphatic carbocycles. The van der Waals surface area contributed by atoms with E-state index < -0.39 is 0 Å². The van der Waals surface area contributed by atoms with E-state index in [-0.39, 0.29) is 5.84 Å². The number of hydrogen-bond donors (Lipinski definition) is 4. The van der Waals surface area contributed by atoms with Crippen molar-refractivity contribution in [2.75, 3.05) is 18.6 Å². The molecule has 0 saturated heterocycles. The highest BCUT2D eigenvalue weighted by atomic mass is 16.5. The second-order valence-electron chi connectivity index (χ2n) is 5.22. The largest absolute Gasteiger partial charge is 0.496 e. The lowest BCUT2D eigenvalue weighted by atomic mass is 10.0. The van der Waals surface area contributed by atoms with Crippen LogP contribution in [0.1, 0.15) is 5.69 Å². The van der Waals surface area contributed by atoms with Crippen LogP contribution in [0.15, 0.2) is 72.0 Å². The Morgan fingerprint density at radius 3 is 2.35 bits per heavy atom. The first-order valence-electron chi connectivity index (χ1n) is 7.72. The molecule has 0 radical (unpaired) electrons. The Bertz CT molecular complexity index is 896. The van der Waals surface area contributed by atoms with Gasteiger partial charge in [-0.15, -0.1) is 5.11 Å². The highest BCUT2D eigenvalue weighted by Crippen LogP contribution is 2.34. The summed E-state index contributed by atoms with van der Waals surface area (Å²) >= 11 is 0. The van der Waals surface area contributed by atoms with Crippen molar-refractivity contribution < 1.29 is 4.74 Å². The van der Waals surface area contributed by atoms with Gasteiger partial charge in [0.15, 0.2) is 5.84 Å². The Hall–Kier alpha value is -3.74. The number of nitrogens with zero attached hydrogens (tertiary/aromatic N) is 2. The molecule has 2 aromatic carbocycles. The molecule has 0 aliphatic heterocycles. The molecule has 0 amide bonds. The van der Waals surface area contributed by atoms with Crippen LogP contribution in [0.2, 0.25) is 0 Å². The summed E-state index contributed by atoms with van der Waals surface area (Å²) in [5, 5.41) is 9.99. The van der Waals surface area contributed by atoms with Gasteiger partial charge in [-0.2, -0.15) is 0 Å². The lowest BCUT2D eigenvalue weighted by Crippen LogP contribution is -1.95. The average molecular weight is 348 g/mol.